The van der Waals surface area contributed by atoms with Crippen LogP contribution in [-0.4, -0.2) is 24.2 Å². The van der Waals surface area contributed by atoms with Gasteiger partial charge in [0.15, 0.2) is 5.76 Å². The highest BCUT2D eigenvalue weighted by atomic mass is 16.5. The van der Waals surface area contributed by atoms with Gasteiger partial charge in [0.1, 0.15) is 6.61 Å². The number of carbonyl (C=O) groups excluding carboxylic acids is 1. The molecule has 1 aromatic heterocycles. The summed E-state index contributed by atoms with van der Waals surface area (Å²) in [6, 6.07) is 2.21. The van der Waals surface area contributed by atoms with E-state index in [1.807, 2.05) is 6.07 Å². The van der Waals surface area contributed by atoms with E-state index in [1.165, 1.54) is 0 Å². The van der Waals surface area contributed by atoms with Crippen LogP contribution in [0.25, 0.3) is 0 Å². The first-order chi connectivity index (χ1) is 10.6. The van der Waals surface area contributed by atoms with Crippen LogP contribution < -0.4 is 5.32 Å². The van der Waals surface area contributed by atoms with Gasteiger partial charge >= 0.3 is 0 Å². The number of hydrogen-bond acceptors (Lipinski definition) is 4. The molecule has 1 amide bonds. The fourth-order valence-electron chi connectivity index (χ4n) is 3.25. The molecule has 1 aliphatic rings. The summed E-state index contributed by atoms with van der Waals surface area (Å²) in [4.78, 5) is 12.1. The number of amides is 1. The van der Waals surface area contributed by atoms with Gasteiger partial charge < -0.3 is 14.6 Å². The lowest BCUT2D eigenvalue weighted by atomic mass is 9.57. The normalized spacial score (nSPS) is 23.4. The van der Waals surface area contributed by atoms with Gasteiger partial charge in [-0.2, -0.15) is 0 Å². The van der Waals surface area contributed by atoms with Gasteiger partial charge in [0.25, 0.3) is 0 Å². The third kappa shape index (κ3) is 4.56. The molecule has 1 aromatic rings. The Balaban J connectivity index is 1.86. The lowest BCUT2D eigenvalue weighted by molar-refractivity contribution is -0.127. The van der Waals surface area contributed by atoms with Crippen molar-refractivity contribution in [3.8, 4) is 0 Å². The zero-order valence-electron chi connectivity index (χ0n) is 15.2. The van der Waals surface area contributed by atoms with Crippen molar-refractivity contribution in [2.24, 2.45) is 16.7 Å². The van der Waals surface area contributed by atoms with Gasteiger partial charge in [-0.05, 0) is 29.6 Å². The molecule has 2 atom stereocenters. The van der Waals surface area contributed by atoms with Gasteiger partial charge in [-0.15, -0.1) is 0 Å². The summed E-state index contributed by atoms with van der Waals surface area (Å²) in [5, 5.41) is 7.32. The molecule has 0 aromatic carbocycles. The molecule has 5 nitrogen and oxygen atoms in total. The van der Waals surface area contributed by atoms with Crippen molar-refractivity contribution < 1.29 is 14.1 Å². The first-order valence-electron chi connectivity index (χ1n) is 8.34. The quantitative estimate of drug-likeness (QED) is 0.872. The zero-order chi connectivity index (χ0) is 17.3. The molecular weight excluding hydrogens is 292 g/mol. The van der Waals surface area contributed by atoms with Crippen LogP contribution in [0.3, 0.4) is 0 Å². The second-order valence-corrected chi connectivity index (χ2v) is 8.53. The van der Waals surface area contributed by atoms with Gasteiger partial charge in [-0.25, -0.2) is 0 Å². The highest BCUT2D eigenvalue weighted by Crippen LogP contribution is 2.47. The van der Waals surface area contributed by atoms with Crippen LogP contribution in [-0.2, 0) is 22.6 Å². The molecule has 1 heterocycles. The summed E-state index contributed by atoms with van der Waals surface area (Å²) >= 11 is 0. The maximum Gasteiger partial charge on any atom is 0.220 e. The molecule has 1 fully saturated rings. The summed E-state index contributed by atoms with van der Waals surface area (Å²) in [5.41, 5.74) is 1.07. The maximum absolute atomic E-state index is 12.1. The third-order valence-electron chi connectivity index (χ3n) is 4.85. The minimum absolute atomic E-state index is 0.0236. The molecule has 0 aliphatic heterocycles. The summed E-state index contributed by atoms with van der Waals surface area (Å²) in [6.07, 6.45) is 2.44. The van der Waals surface area contributed by atoms with Crippen LogP contribution >= 0.6 is 0 Å². The van der Waals surface area contributed by atoms with Crippen molar-refractivity contribution in [2.45, 2.75) is 66.5 Å². The van der Waals surface area contributed by atoms with Crippen molar-refractivity contribution >= 4 is 5.91 Å². The van der Waals surface area contributed by atoms with Crippen LogP contribution in [0.4, 0.5) is 0 Å². The van der Waals surface area contributed by atoms with Gasteiger partial charge in [0.05, 0.1) is 5.69 Å². The number of aromatic nitrogens is 1. The van der Waals surface area contributed by atoms with E-state index >= 15 is 0 Å². The third-order valence-corrected chi connectivity index (χ3v) is 4.85. The second kappa shape index (κ2) is 6.63. The molecule has 0 radical (unpaired) electrons. The predicted octanol–water partition coefficient (Wildman–Crippen LogP) is 3.33. The number of ether oxygens (including phenoxy) is 1. The number of nitrogens with zero attached hydrogens (tertiary/aromatic N) is 1. The number of nitrogens with one attached hydrogen (secondary N) is 1. The number of carbonyl (C=O) groups is 1. The Hall–Kier alpha value is -1.36. The highest BCUT2D eigenvalue weighted by molar-refractivity contribution is 5.77. The smallest absolute Gasteiger partial charge is 0.220 e. The molecule has 0 bridgehead atoms. The Bertz CT molecular complexity index is 543. The molecule has 23 heavy (non-hydrogen) atoms. The predicted molar refractivity (Wildman–Crippen MR) is 88.8 cm³/mol. The Morgan fingerprint density at radius 3 is 2.74 bits per heavy atom. The average Bonchev–Trinajstić information content (AvgIpc) is 2.83. The van der Waals surface area contributed by atoms with Crippen LogP contribution in [0.5, 0.6) is 0 Å². The topological polar surface area (TPSA) is 64.4 Å². The first kappa shape index (κ1) is 18.0. The fourth-order valence-corrected chi connectivity index (χ4v) is 3.25. The molecule has 1 saturated carbocycles. The van der Waals surface area contributed by atoms with E-state index in [2.05, 4.69) is 45.1 Å². The summed E-state index contributed by atoms with van der Waals surface area (Å²) in [5.74, 6) is 1.41. The fraction of sp³-hybridized carbons (Fsp3) is 0.778. The Morgan fingerprint density at radius 2 is 2.17 bits per heavy atom. The van der Waals surface area contributed by atoms with E-state index < -0.39 is 0 Å². The summed E-state index contributed by atoms with van der Waals surface area (Å²) < 4.78 is 10.3. The van der Waals surface area contributed by atoms with E-state index in [0.29, 0.717) is 18.9 Å². The lowest BCUT2D eigenvalue weighted by Gasteiger charge is -2.52. The average molecular weight is 322 g/mol. The summed E-state index contributed by atoms with van der Waals surface area (Å²) in [7, 11) is 1.64. The van der Waals surface area contributed by atoms with Crippen LogP contribution in [0.15, 0.2) is 10.6 Å². The zero-order valence-corrected chi connectivity index (χ0v) is 15.2. The first-order valence-corrected chi connectivity index (χ1v) is 8.34. The minimum atomic E-state index is 0.0236. The van der Waals surface area contributed by atoms with Crippen molar-refractivity contribution in [2.75, 3.05) is 7.11 Å². The molecular formula is C18H30N2O3. The molecule has 5 heteroatoms. The van der Waals surface area contributed by atoms with Gasteiger partial charge in [0.2, 0.25) is 5.91 Å². The highest BCUT2D eigenvalue weighted by Gasteiger charge is 2.48. The summed E-state index contributed by atoms with van der Waals surface area (Å²) in [6.45, 7) is 11.2. The van der Waals surface area contributed by atoms with E-state index in [1.54, 1.807) is 7.11 Å². The Morgan fingerprint density at radius 1 is 1.48 bits per heavy atom. The molecule has 0 saturated heterocycles. The SMILES string of the molecule is COCc1cc(CC2CC(NC(=O)CC(C)(C)C)C2(C)C)no1. The molecule has 1 N–H and O–H groups in total. The number of hydrogen-bond donors (Lipinski definition) is 1. The van der Waals surface area contributed by atoms with Crippen molar-refractivity contribution in [1.29, 1.82) is 0 Å². The second-order valence-electron chi connectivity index (χ2n) is 8.53. The molecule has 130 valence electrons. The van der Waals surface area contributed by atoms with Gasteiger partial charge in [-0.3, -0.25) is 4.79 Å². The Labute approximate surface area is 139 Å². The number of rotatable bonds is 6. The molecule has 2 unspecified atom stereocenters. The standard InChI is InChI=1S/C18H30N2O3/c1-17(2,3)10-16(21)19-15-8-12(18(15,4)5)7-13-9-14(11-22-6)23-20-13/h9,12,15H,7-8,10-11H2,1-6H3,(H,19,21). The Kier molecular flexibility index (Phi) is 5.19. The molecule has 1 aliphatic carbocycles. The molecule has 2 rings (SSSR count). The van der Waals surface area contributed by atoms with Crippen molar-refractivity contribution in [3.05, 3.63) is 17.5 Å². The van der Waals surface area contributed by atoms with Gasteiger partial charge in [0, 0.05) is 25.6 Å². The van der Waals surface area contributed by atoms with Crippen molar-refractivity contribution in [1.82, 2.24) is 10.5 Å². The monoisotopic (exact) mass is 322 g/mol. The van der Waals surface area contributed by atoms with Gasteiger partial charge in [-0.1, -0.05) is 39.8 Å². The van der Waals surface area contributed by atoms with Crippen molar-refractivity contribution in [3.63, 3.8) is 0 Å². The van der Waals surface area contributed by atoms with Crippen LogP contribution in [0, 0.1) is 16.7 Å². The maximum atomic E-state index is 12.1. The number of methoxy groups -OCH3 is 1. The van der Waals surface area contributed by atoms with Crippen LogP contribution in [0.2, 0.25) is 0 Å². The van der Waals surface area contributed by atoms with E-state index in [-0.39, 0.29) is 22.8 Å². The minimum Gasteiger partial charge on any atom is -0.377 e. The lowest BCUT2D eigenvalue weighted by Crippen LogP contribution is -2.59. The van der Waals surface area contributed by atoms with E-state index in [9.17, 15) is 4.79 Å². The largest absolute Gasteiger partial charge is 0.377 e. The van der Waals surface area contributed by atoms with E-state index in [0.717, 1.165) is 24.3 Å². The van der Waals surface area contributed by atoms with E-state index in [4.69, 9.17) is 9.26 Å². The van der Waals surface area contributed by atoms with Crippen LogP contribution in [0.1, 0.15) is 58.9 Å². The molecule has 0 spiro atoms.